The van der Waals surface area contributed by atoms with Gasteiger partial charge in [0.2, 0.25) is 0 Å². The normalized spacial score (nSPS) is 0. The van der Waals surface area contributed by atoms with Crippen LogP contribution in [0.15, 0.2) is 0 Å². The Morgan fingerprint density at radius 3 is 1.00 bits per heavy atom. The monoisotopic (exact) mass is 233 g/mol. The first kappa shape index (κ1) is 35.2. The van der Waals surface area contributed by atoms with Gasteiger partial charge in [-0.15, -0.1) is 0 Å². The molecule has 0 N–H and O–H groups in total. The molecule has 27 valence electrons. The number of rotatable bonds is 0. The van der Waals surface area contributed by atoms with Crippen LogP contribution in [0.1, 0.15) is 0 Å². The van der Waals surface area contributed by atoms with Gasteiger partial charge in [-0.3, -0.25) is 0 Å². The maximum Gasteiger partial charge on any atom is 0 e. The molecule has 0 fully saturated rings. The first-order valence-electron chi connectivity index (χ1n) is 0. The minimum absolute atomic E-state index is 0. The van der Waals surface area contributed by atoms with Gasteiger partial charge in [-0.25, -0.2) is 0 Å². The summed E-state index contributed by atoms with van der Waals surface area (Å²) in [5, 5.41) is 0. The molecule has 0 aromatic rings. The molecule has 0 aromatic carbocycles. The topological polar surface area (TPSA) is 0 Å². The molecule has 0 atom stereocenters. The standard InChI is InChI=1S/Co.Cr.Ni.Zn. The molecule has 0 amide bonds. The van der Waals surface area contributed by atoms with Gasteiger partial charge < -0.3 is 0 Å². The first-order chi connectivity index (χ1) is 0. The molecule has 0 aliphatic heterocycles. The summed E-state index contributed by atoms with van der Waals surface area (Å²) in [5.41, 5.74) is 0. The Bertz CT molecular complexity index is 8.00. The molecule has 0 unspecified atom stereocenters. The number of hydrogen-bond acceptors (Lipinski definition) is 0. The van der Waals surface area contributed by atoms with E-state index in [1.54, 1.807) is 0 Å². The van der Waals surface area contributed by atoms with Crippen molar-refractivity contribution < 1.29 is 70.1 Å². The zero-order chi connectivity index (χ0) is 0. The second-order valence-electron chi connectivity index (χ2n) is 0. The van der Waals surface area contributed by atoms with E-state index < -0.39 is 0 Å². The Morgan fingerprint density at radius 2 is 1.00 bits per heavy atom. The van der Waals surface area contributed by atoms with Crippen molar-refractivity contribution in [2.24, 2.45) is 0 Å². The van der Waals surface area contributed by atoms with E-state index in [0.29, 0.717) is 0 Å². The molecule has 0 heterocycles. The van der Waals surface area contributed by atoms with E-state index in [0.717, 1.165) is 0 Å². The van der Waals surface area contributed by atoms with Gasteiger partial charge in [-0.05, 0) is 0 Å². The molecule has 0 aromatic heterocycles. The summed E-state index contributed by atoms with van der Waals surface area (Å²) in [4.78, 5) is 0. The Hall–Kier alpha value is 2.16. The molecule has 0 aliphatic carbocycles. The molecule has 0 saturated heterocycles. The van der Waals surface area contributed by atoms with Gasteiger partial charge in [0.25, 0.3) is 0 Å². The SMILES string of the molecule is [Co].[Cr].[Ni].[Zn]. The third-order valence-electron chi connectivity index (χ3n) is 0. The molecule has 4 heavy (non-hydrogen) atoms. The van der Waals surface area contributed by atoms with Crippen molar-refractivity contribution in [1.82, 2.24) is 0 Å². The van der Waals surface area contributed by atoms with E-state index in [4.69, 9.17) is 0 Å². The molecule has 0 nitrogen and oxygen atoms in total. The largest absolute Gasteiger partial charge is 0 e. The predicted molar refractivity (Wildman–Crippen MR) is 0 cm³/mol. The molecule has 0 saturated carbocycles. The van der Waals surface area contributed by atoms with Gasteiger partial charge in [-0.1, -0.05) is 0 Å². The predicted octanol–water partition coefficient (Wildman–Crippen LogP) is -0.0100. The minimum atomic E-state index is 0. The summed E-state index contributed by atoms with van der Waals surface area (Å²) in [6, 6.07) is 0. The van der Waals surface area contributed by atoms with Crippen molar-refractivity contribution in [1.29, 1.82) is 0 Å². The summed E-state index contributed by atoms with van der Waals surface area (Å²) in [7, 11) is 0. The van der Waals surface area contributed by atoms with Gasteiger partial charge in [-0.2, -0.15) is 0 Å². The Kier molecular flexibility index (Phi) is 169. The van der Waals surface area contributed by atoms with E-state index in [-0.39, 0.29) is 70.1 Å². The molecule has 0 bridgehead atoms. The fourth-order valence-corrected chi connectivity index (χ4v) is 0. The second kappa shape index (κ2) is 19.2. The van der Waals surface area contributed by atoms with Crippen molar-refractivity contribution in [3.63, 3.8) is 0 Å². The summed E-state index contributed by atoms with van der Waals surface area (Å²) in [5.74, 6) is 0. The minimum Gasteiger partial charge on any atom is 0 e. The average molecular weight is 235 g/mol. The van der Waals surface area contributed by atoms with Crippen LogP contribution in [-0.4, -0.2) is 0 Å². The summed E-state index contributed by atoms with van der Waals surface area (Å²) in [6.07, 6.45) is 0. The van der Waals surface area contributed by atoms with Crippen LogP contribution >= 0.6 is 0 Å². The van der Waals surface area contributed by atoms with Crippen LogP contribution < -0.4 is 0 Å². The molecule has 0 spiro atoms. The molecular weight excluding hydrogens is 235 g/mol. The quantitative estimate of drug-likeness (QED) is 0.518. The van der Waals surface area contributed by atoms with Crippen LogP contribution in [0, 0.1) is 0 Å². The summed E-state index contributed by atoms with van der Waals surface area (Å²) >= 11 is 0. The van der Waals surface area contributed by atoms with Crippen LogP contribution in [-0.2, 0) is 70.1 Å². The smallest absolute Gasteiger partial charge is 0 e. The van der Waals surface area contributed by atoms with Crippen LogP contribution in [0.4, 0.5) is 0 Å². The molecular formula is CoCrNiZn. The van der Waals surface area contributed by atoms with E-state index in [9.17, 15) is 0 Å². The van der Waals surface area contributed by atoms with E-state index in [2.05, 4.69) is 0 Å². The van der Waals surface area contributed by atoms with Gasteiger partial charge in [0.1, 0.15) is 0 Å². The Morgan fingerprint density at radius 1 is 1.00 bits per heavy atom. The zero-order valence-corrected chi connectivity index (χ0v) is 8.04. The second-order valence-corrected chi connectivity index (χ2v) is 0. The van der Waals surface area contributed by atoms with Crippen molar-refractivity contribution >= 4 is 0 Å². The maximum atomic E-state index is 0. The average Bonchev–Trinajstić information content (AvgIpc) is 0. The van der Waals surface area contributed by atoms with Crippen LogP contribution in [0.25, 0.3) is 0 Å². The van der Waals surface area contributed by atoms with Crippen LogP contribution in [0.2, 0.25) is 0 Å². The van der Waals surface area contributed by atoms with Crippen molar-refractivity contribution in [2.75, 3.05) is 0 Å². The fraction of sp³-hybridized carbons (Fsp3) is 0. The van der Waals surface area contributed by atoms with E-state index >= 15 is 0 Å². The van der Waals surface area contributed by atoms with Crippen LogP contribution in [0.5, 0.6) is 0 Å². The van der Waals surface area contributed by atoms with Gasteiger partial charge in [0.15, 0.2) is 0 Å². The van der Waals surface area contributed by atoms with E-state index in [1.807, 2.05) is 0 Å². The van der Waals surface area contributed by atoms with Crippen LogP contribution in [0.3, 0.4) is 0 Å². The van der Waals surface area contributed by atoms with Crippen molar-refractivity contribution in [2.45, 2.75) is 0 Å². The molecule has 4 heteroatoms. The third-order valence-corrected chi connectivity index (χ3v) is 0. The molecule has 0 aliphatic rings. The fourth-order valence-electron chi connectivity index (χ4n) is 0. The first-order valence-corrected chi connectivity index (χ1v) is 0. The Labute approximate surface area is 69.5 Å². The molecule has 1 radical (unpaired) electrons. The van der Waals surface area contributed by atoms with E-state index in [1.165, 1.54) is 0 Å². The third kappa shape index (κ3) is 8.91. The Balaban J connectivity index is 0. The maximum absolute atomic E-state index is 0. The summed E-state index contributed by atoms with van der Waals surface area (Å²) in [6.45, 7) is 0. The number of hydrogen-bond donors (Lipinski definition) is 0. The van der Waals surface area contributed by atoms with Crippen molar-refractivity contribution in [3.8, 4) is 0 Å². The van der Waals surface area contributed by atoms with Gasteiger partial charge in [0, 0.05) is 70.1 Å². The van der Waals surface area contributed by atoms with Gasteiger partial charge in [0.05, 0.1) is 0 Å². The molecule has 0 rings (SSSR count). The zero-order valence-electron chi connectivity index (χ0n) is 1.76. The summed E-state index contributed by atoms with van der Waals surface area (Å²) < 4.78 is 0. The van der Waals surface area contributed by atoms with Gasteiger partial charge >= 0.3 is 0 Å². The van der Waals surface area contributed by atoms with Crippen molar-refractivity contribution in [3.05, 3.63) is 0 Å².